The highest BCUT2D eigenvalue weighted by atomic mass is 14.8. The summed E-state index contributed by atoms with van der Waals surface area (Å²) >= 11 is 0. The zero-order valence-corrected chi connectivity index (χ0v) is 8.40. The SMILES string of the molecule is C#CCNCc1cccc2cnccc12. The van der Waals surface area contributed by atoms with Crippen LogP contribution in [0, 0.1) is 12.3 Å². The number of fused-ring (bicyclic) bond motifs is 1. The van der Waals surface area contributed by atoms with E-state index in [1.165, 1.54) is 10.9 Å². The lowest BCUT2D eigenvalue weighted by atomic mass is 10.1. The van der Waals surface area contributed by atoms with Crippen molar-refractivity contribution in [2.75, 3.05) is 6.54 Å². The molecule has 0 spiro atoms. The highest BCUT2D eigenvalue weighted by molar-refractivity contribution is 5.84. The quantitative estimate of drug-likeness (QED) is 0.599. The first-order valence-electron chi connectivity index (χ1n) is 4.87. The molecule has 2 heteroatoms. The van der Waals surface area contributed by atoms with E-state index >= 15 is 0 Å². The fraction of sp³-hybridized carbons (Fsp3) is 0.154. The number of terminal acetylenes is 1. The molecular formula is C13H12N2. The van der Waals surface area contributed by atoms with Gasteiger partial charge in [0.1, 0.15) is 0 Å². The van der Waals surface area contributed by atoms with Gasteiger partial charge in [0.25, 0.3) is 0 Å². The van der Waals surface area contributed by atoms with Crippen LogP contribution in [0.3, 0.4) is 0 Å². The largest absolute Gasteiger partial charge is 0.302 e. The number of aromatic nitrogens is 1. The molecule has 2 nitrogen and oxygen atoms in total. The third kappa shape index (κ3) is 2.15. The van der Waals surface area contributed by atoms with Crippen LogP contribution < -0.4 is 5.32 Å². The summed E-state index contributed by atoms with van der Waals surface area (Å²) in [5.41, 5.74) is 1.25. The predicted molar refractivity (Wildman–Crippen MR) is 62.3 cm³/mol. The van der Waals surface area contributed by atoms with Crippen molar-refractivity contribution in [2.24, 2.45) is 0 Å². The van der Waals surface area contributed by atoms with Gasteiger partial charge >= 0.3 is 0 Å². The molecule has 0 saturated heterocycles. The van der Waals surface area contributed by atoms with Crippen molar-refractivity contribution in [3.8, 4) is 12.3 Å². The summed E-state index contributed by atoms with van der Waals surface area (Å²) in [4.78, 5) is 4.10. The maximum Gasteiger partial charge on any atom is 0.0576 e. The van der Waals surface area contributed by atoms with Crippen molar-refractivity contribution < 1.29 is 0 Å². The van der Waals surface area contributed by atoms with Crippen LogP contribution in [0.4, 0.5) is 0 Å². The lowest BCUT2D eigenvalue weighted by molar-refractivity contribution is 0.775. The third-order valence-electron chi connectivity index (χ3n) is 2.31. The lowest BCUT2D eigenvalue weighted by Crippen LogP contribution is -2.13. The summed E-state index contributed by atoms with van der Waals surface area (Å²) < 4.78 is 0. The average Bonchev–Trinajstić information content (AvgIpc) is 2.30. The van der Waals surface area contributed by atoms with E-state index in [-0.39, 0.29) is 0 Å². The summed E-state index contributed by atoms with van der Waals surface area (Å²) in [6.07, 6.45) is 8.87. The van der Waals surface area contributed by atoms with Crippen LogP contribution in [-0.4, -0.2) is 11.5 Å². The molecule has 2 rings (SSSR count). The van der Waals surface area contributed by atoms with Crippen molar-refractivity contribution in [3.05, 3.63) is 42.2 Å². The molecule has 0 atom stereocenters. The Morgan fingerprint density at radius 2 is 2.27 bits per heavy atom. The van der Waals surface area contributed by atoms with Crippen molar-refractivity contribution in [2.45, 2.75) is 6.54 Å². The summed E-state index contributed by atoms with van der Waals surface area (Å²) in [5, 5.41) is 5.58. The van der Waals surface area contributed by atoms with E-state index in [2.05, 4.69) is 28.4 Å². The smallest absolute Gasteiger partial charge is 0.0576 e. The molecule has 74 valence electrons. The Bertz CT molecular complexity index is 492. The summed E-state index contributed by atoms with van der Waals surface area (Å²) in [6.45, 7) is 1.40. The average molecular weight is 196 g/mol. The maximum absolute atomic E-state index is 5.18. The molecular weight excluding hydrogens is 184 g/mol. The fourth-order valence-electron chi connectivity index (χ4n) is 1.61. The Morgan fingerprint density at radius 3 is 3.13 bits per heavy atom. The van der Waals surface area contributed by atoms with Gasteiger partial charge in [0, 0.05) is 24.3 Å². The van der Waals surface area contributed by atoms with Crippen LogP contribution in [0.1, 0.15) is 5.56 Å². The molecule has 1 aromatic carbocycles. The number of nitrogens with one attached hydrogen (secondary N) is 1. The normalized spacial score (nSPS) is 10.1. The highest BCUT2D eigenvalue weighted by Gasteiger charge is 1.98. The van der Waals surface area contributed by atoms with Gasteiger partial charge in [-0.25, -0.2) is 0 Å². The molecule has 0 saturated carbocycles. The molecule has 15 heavy (non-hydrogen) atoms. The monoisotopic (exact) mass is 196 g/mol. The van der Waals surface area contributed by atoms with Gasteiger partial charge < -0.3 is 5.32 Å². The van der Waals surface area contributed by atoms with Gasteiger partial charge in [-0.3, -0.25) is 4.98 Å². The molecule has 0 aliphatic carbocycles. The zero-order chi connectivity index (χ0) is 10.5. The maximum atomic E-state index is 5.18. The predicted octanol–water partition coefficient (Wildman–Crippen LogP) is 1.96. The molecule has 0 amide bonds. The Balaban J connectivity index is 2.31. The molecule has 0 bridgehead atoms. The molecule has 0 fully saturated rings. The van der Waals surface area contributed by atoms with Crippen LogP contribution in [0.2, 0.25) is 0 Å². The van der Waals surface area contributed by atoms with Crippen LogP contribution >= 0.6 is 0 Å². The molecule has 0 unspecified atom stereocenters. The van der Waals surface area contributed by atoms with Gasteiger partial charge in [-0.2, -0.15) is 0 Å². The topological polar surface area (TPSA) is 24.9 Å². The Kier molecular flexibility index (Phi) is 2.96. The number of hydrogen-bond donors (Lipinski definition) is 1. The van der Waals surface area contributed by atoms with Gasteiger partial charge in [-0.15, -0.1) is 6.42 Å². The summed E-state index contributed by atoms with van der Waals surface area (Å²) in [6, 6.07) is 8.23. The van der Waals surface area contributed by atoms with E-state index in [0.29, 0.717) is 6.54 Å². The first-order chi connectivity index (χ1) is 7.42. The van der Waals surface area contributed by atoms with E-state index in [4.69, 9.17) is 6.42 Å². The standard InChI is InChI=1S/C13H12N2/c1-2-7-14-9-11-4-3-5-12-10-15-8-6-13(11)12/h1,3-6,8,10,14H,7,9H2. The number of benzene rings is 1. The number of rotatable bonds is 3. The van der Waals surface area contributed by atoms with E-state index in [1.54, 1.807) is 0 Å². The minimum absolute atomic E-state index is 0.599. The van der Waals surface area contributed by atoms with Crippen molar-refractivity contribution in [3.63, 3.8) is 0 Å². The Hall–Kier alpha value is -1.85. The second-order valence-corrected chi connectivity index (χ2v) is 3.32. The number of hydrogen-bond acceptors (Lipinski definition) is 2. The number of nitrogens with zero attached hydrogens (tertiary/aromatic N) is 1. The first-order valence-corrected chi connectivity index (χ1v) is 4.87. The summed E-state index contributed by atoms with van der Waals surface area (Å²) in [5.74, 6) is 2.56. The van der Waals surface area contributed by atoms with Crippen molar-refractivity contribution in [1.29, 1.82) is 0 Å². The van der Waals surface area contributed by atoms with Crippen LogP contribution in [-0.2, 0) is 6.54 Å². The van der Waals surface area contributed by atoms with Crippen LogP contribution in [0.25, 0.3) is 10.8 Å². The van der Waals surface area contributed by atoms with E-state index in [9.17, 15) is 0 Å². The van der Waals surface area contributed by atoms with Gasteiger partial charge in [0.2, 0.25) is 0 Å². The second-order valence-electron chi connectivity index (χ2n) is 3.32. The Labute approximate surface area is 89.3 Å². The van der Waals surface area contributed by atoms with Gasteiger partial charge in [-0.05, 0) is 17.0 Å². The Morgan fingerprint density at radius 1 is 1.33 bits per heavy atom. The van der Waals surface area contributed by atoms with Gasteiger partial charge in [0.15, 0.2) is 0 Å². The fourth-order valence-corrected chi connectivity index (χ4v) is 1.61. The molecule has 1 heterocycles. The summed E-state index contributed by atoms with van der Waals surface area (Å²) in [7, 11) is 0. The van der Waals surface area contributed by atoms with Crippen LogP contribution in [0.15, 0.2) is 36.7 Å². The zero-order valence-electron chi connectivity index (χ0n) is 8.40. The highest BCUT2D eigenvalue weighted by Crippen LogP contribution is 2.16. The van der Waals surface area contributed by atoms with E-state index < -0.39 is 0 Å². The minimum atomic E-state index is 0.599. The molecule has 0 radical (unpaired) electrons. The molecule has 2 aromatic rings. The third-order valence-corrected chi connectivity index (χ3v) is 2.31. The van der Waals surface area contributed by atoms with Gasteiger partial charge in [-0.1, -0.05) is 24.1 Å². The van der Waals surface area contributed by atoms with E-state index in [0.717, 1.165) is 11.9 Å². The molecule has 1 N–H and O–H groups in total. The second kappa shape index (κ2) is 4.59. The minimum Gasteiger partial charge on any atom is -0.302 e. The number of pyridine rings is 1. The molecule has 1 aromatic heterocycles. The lowest BCUT2D eigenvalue weighted by Gasteiger charge is -2.05. The molecule has 0 aliphatic heterocycles. The van der Waals surface area contributed by atoms with Crippen molar-refractivity contribution >= 4 is 10.8 Å². The molecule has 0 aliphatic rings. The van der Waals surface area contributed by atoms with E-state index in [1.807, 2.05) is 24.5 Å². The van der Waals surface area contributed by atoms with Crippen molar-refractivity contribution in [1.82, 2.24) is 10.3 Å². The van der Waals surface area contributed by atoms with Crippen LogP contribution in [0.5, 0.6) is 0 Å². The first kappa shape index (κ1) is 9.70. The van der Waals surface area contributed by atoms with Gasteiger partial charge in [0.05, 0.1) is 6.54 Å².